The molecule has 2 aliphatic rings. The molecule has 0 aromatic rings. The first kappa shape index (κ1) is 13.4. The Bertz CT molecular complexity index is 240. The maximum Gasteiger partial charge on any atom is 0.00747 e. The molecule has 1 heteroatoms. The van der Waals surface area contributed by atoms with Gasteiger partial charge in [-0.2, -0.15) is 0 Å². The molecule has 0 bridgehead atoms. The van der Waals surface area contributed by atoms with E-state index < -0.39 is 0 Å². The average molecular weight is 237 g/mol. The van der Waals surface area contributed by atoms with Crippen molar-refractivity contribution in [2.45, 2.75) is 78.2 Å². The molecule has 2 rings (SSSR count). The summed E-state index contributed by atoms with van der Waals surface area (Å²) in [7, 11) is 0. The third kappa shape index (κ3) is 3.24. The Balaban J connectivity index is 1.93. The van der Waals surface area contributed by atoms with Crippen molar-refractivity contribution in [2.24, 2.45) is 28.9 Å². The van der Waals surface area contributed by atoms with Crippen LogP contribution in [-0.4, -0.2) is 6.04 Å². The molecule has 17 heavy (non-hydrogen) atoms. The Morgan fingerprint density at radius 3 is 2.29 bits per heavy atom. The van der Waals surface area contributed by atoms with Gasteiger partial charge in [0.1, 0.15) is 0 Å². The topological polar surface area (TPSA) is 26.0 Å². The van der Waals surface area contributed by atoms with Crippen LogP contribution in [-0.2, 0) is 0 Å². The zero-order valence-electron chi connectivity index (χ0n) is 12.0. The van der Waals surface area contributed by atoms with E-state index in [1.807, 2.05) is 0 Å². The van der Waals surface area contributed by atoms with Crippen LogP contribution < -0.4 is 5.73 Å². The lowest BCUT2D eigenvalue weighted by Gasteiger charge is -2.44. The summed E-state index contributed by atoms with van der Waals surface area (Å²) in [6.45, 7) is 7.32. The predicted octanol–water partition coefficient (Wildman–Crippen LogP) is 4.36. The number of hydrogen-bond donors (Lipinski definition) is 1. The summed E-state index contributed by atoms with van der Waals surface area (Å²) in [5, 5.41) is 0. The fourth-order valence-corrected chi connectivity index (χ4v) is 4.51. The first-order valence-corrected chi connectivity index (χ1v) is 7.74. The number of nitrogens with two attached hydrogens (primary N) is 1. The smallest absolute Gasteiger partial charge is 0.00747 e. The van der Waals surface area contributed by atoms with Crippen molar-refractivity contribution in [3.8, 4) is 0 Å². The van der Waals surface area contributed by atoms with Crippen LogP contribution in [0, 0.1) is 23.2 Å². The van der Waals surface area contributed by atoms with Crippen LogP contribution >= 0.6 is 0 Å². The van der Waals surface area contributed by atoms with Gasteiger partial charge in [0.15, 0.2) is 0 Å². The summed E-state index contributed by atoms with van der Waals surface area (Å²) in [6, 6.07) is 0.454. The van der Waals surface area contributed by atoms with Crippen LogP contribution in [0.25, 0.3) is 0 Å². The lowest BCUT2D eigenvalue weighted by atomic mass is 9.63. The van der Waals surface area contributed by atoms with E-state index in [1.165, 1.54) is 51.4 Å². The standard InChI is InChI=1S/C16H31N/c1-12-8-9-14(15(17)10-12)16(2,3)11-13-6-4-5-7-13/h12-15H,4-11,17H2,1-3H3. The van der Waals surface area contributed by atoms with Gasteiger partial charge in [0.05, 0.1) is 0 Å². The minimum atomic E-state index is 0.454. The molecule has 100 valence electrons. The Hall–Kier alpha value is -0.0400. The van der Waals surface area contributed by atoms with Crippen molar-refractivity contribution in [2.75, 3.05) is 0 Å². The maximum absolute atomic E-state index is 6.43. The van der Waals surface area contributed by atoms with Crippen LogP contribution in [0.15, 0.2) is 0 Å². The summed E-state index contributed by atoms with van der Waals surface area (Å²) in [4.78, 5) is 0. The van der Waals surface area contributed by atoms with E-state index in [9.17, 15) is 0 Å². The maximum atomic E-state index is 6.43. The molecule has 0 heterocycles. The van der Waals surface area contributed by atoms with Gasteiger partial charge >= 0.3 is 0 Å². The van der Waals surface area contributed by atoms with Gasteiger partial charge in [0.25, 0.3) is 0 Å². The van der Waals surface area contributed by atoms with E-state index in [0.717, 1.165) is 17.8 Å². The Kier molecular flexibility index (Phi) is 4.18. The molecule has 0 spiro atoms. The minimum absolute atomic E-state index is 0.454. The second-order valence-electron chi connectivity index (χ2n) is 7.53. The fourth-order valence-electron chi connectivity index (χ4n) is 4.51. The molecule has 0 saturated heterocycles. The van der Waals surface area contributed by atoms with E-state index in [1.54, 1.807) is 0 Å². The Morgan fingerprint density at radius 2 is 1.71 bits per heavy atom. The molecule has 3 atom stereocenters. The summed E-state index contributed by atoms with van der Waals surface area (Å²) < 4.78 is 0. The lowest BCUT2D eigenvalue weighted by molar-refractivity contribution is 0.0880. The molecule has 0 amide bonds. The zero-order valence-corrected chi connectivity index (χ0v) is 12.0. The van der Waals surface area contributed by atoms with Crippen molar-refractivity contribution in [1.29, 1.82) is 0 Å². The molecule has 2 N–H and O–H groups in total. The second kappa shape index (κ2) is 5.30. The largest absolute Gasteiger partial charge is 0.327 e. The normalized spacial score (nSPS) is 36.4. The first-order chi connectivity index (χ1) is 7.99. The quantitative estimate of drug-likeness (QED) is 0.775. The molecule has 0 aliphatic heterocycles. The SMILES string of the molecule is CC1CCC(C(C)(C)CC2CCCC2)C(N)C1. The van der Waals surface area contributed by atoms with Crippen molar-refractivity contribution >= 4 is 0 Å². The van der Waals surface area contributed by atoms with E-state index in [-0.39, 0.29) is 0 Å². The highest BCUT2D eigenvalue weighted by Gasteiger charge is 2.38. The summed E-state index contributed by atoms with van der Waals surface area (Å²) in [5.74, 6) is 2.61. The summed E-state index contributed by atoms with van der Waals surface area (Å²) >= 11 is 0. The molecule has 0 radical (unpaired) electrons. The highest BCUT2D eigenvalue weighted by Crippen LogP contribution is 2.45. The molecule has 2 aliphatic carbocycles. The van der Waals surface area contributed by atoms with Gasteiger partial charge < -0.3 is 5.73 Å². The molecule has 0 aromatic heterocycles. The Morgan fingerprint density at radius 1 is 1.06 bits per heavy atom. The van der Waals surface area contributed by atoms with Gasteiger partial charge in [-0.25, -0.2) is 0 Å². The van der Waals surface area contributed by atoms with Crippen molar-refractivity contribution in [1.82, 2.24) is 0 Å². The Labute approximate surface area is 108 Å². The molecule has 0 aromatic carbocycles. The van der Waals surface area contributed by atoms with E-state index in [0.29, 0.717) is 11.5 Å². The second-order valence-corrected chi connectivity index (χ2v) is 7.53. The van der Waals surface area contributed by atoms with Gasteiger partial charge in [0, 0.05) is 6.04 Å². The van der Waals surface area contributed by atoms with Gasteiger partial charge in [0.2, 0.25) is 0 Å². The number of rotatable bonds is 3. The predicted molar refractivity (Wildman–Crippen MR) is 74.8 cm³/mol. The van der Waals surface area contributed by atoms with Gasteiger partial charge in [-0.15, -0.1) is 0 Å². The van der Waals surface area contributed by atoms with Gasteiger partial charge in [-0.05, 0) is 42.4 Å². The molecular formula is C16H31N. The van der Waals surface area contributed by atoms with Crippen molar-refractivity contribution in [3.05, 3.63) is 0 Å². The monoisotopic (exact) mass is 237 g/mol. The fraction of sp³-hybridized carbons (Fsp3) is 1.00. The van der Waals surface area contributed by atoms with Crippen LogP contribution in [0.4, 0.5) is 0 Å². The van der Waals surface area contributed by atoms with Gasteiger partial charge in [-0.1, -0.05) is 52.9 Å². The highest BCUT2D eigenvalue weighted by molar-refractivity contribution is 4.91. The highest BCUT2D eigenvalue weighted by atomic mass is 14.7. The lowest BCUT2D eigenvalue weighted by Crippen LogP contribution is -2.44. The number of hydrogen-bond acceptors (Lipinski definition) is 1. The van der Waals surface area contributed by atoms with Crippen LogP contribution in [0.2, 0.25) is 0 Å². The molecule has 3 unspecified atom stereocenters. The molecular weight excluding hydrogens is 206 g/mol. The van der Waals surface area contributed by atoms with Crippen molar-refractivity contribution in [3.63, 3.8) is 0 Å². The third-order valence-electron chi connectivity index (χ3n) is 5.46. The van der Waals surface area contributed by atoms with E-state index >= 15 is 0 Å². The molecule has 2 saturated carbocycles. The first-order valence-electron chi connectivity index (χ1n) is 7.74. The zero-order chi connectivity index (χ0) is 12.5. The van der Waals surface area contributed by atoms with E-state index in [4.69, 9.17) is 5.73 Å². The van der Waals surface area contributed by atoms with Crippen LogP contribution in [0.3, 0.4) is 0 Å². The van der Waals surface area contributed by atoms with E-state index in [2.05, 4.69) is 20.8 Å². The van der Waals surface area contributed by atoms with Crippen molar-refractivity contribution < 1.29 is 0 Å². The average Bonchev–Trinajstić information content (AvgIpc) is 2.68. The third-order valence-corrected chi connectivity index (χ3v) is 5.46. The molecule has 1 nitrogen and oxygen atoms in total. The molecule has 2 fully saturated rings. The summed E-state index contributed by atoms with van der Waals surface area (Å²) in [6.07, 6.45) is 11.3. The van der Waals surface area contributed by atoms with Crippen LogP contribution in [0.1, 0.15) is 72.1 Å². The summed E-state index contributed by atoms with van der Waals surface area (Å²) in [5.41, 5.74) is 6.90. The minimum Gasteiger partial charge on any atom is -0.327 e. The van der Waals surface area contributed by atoms with Gasteiger partial charge in [-0.3, -0.25) is 0 Å². The van der Waals surface area contributed by atoms with Crippen LogP contribution in [0.5, 0.6) is 0 Å².